The minimum absolute atomic E-state index is 0.261. The molecule has 3 rings (SSSR count). The van der Waals surface area contributed by atoms with Gasteiger partial charge in [-0.1, -0.05) is 30.3 Å². The molecule has 1 heterocycles. The standard InChI is InChI=1S/C14H12N2S/c1-10-12(11-5-3-2-4-6-11)16-13(17-10)14(9-15)7-8-14/h2-6H,7-8H2,1H3. The van der Waals surface area contributed by atoms with Gasteiger partial charge in [0.15, 0.2) is 0 Å². The summed E-state index contributed by atoms with van der Waals surface area (Å²) in [7, 11) is 0. The van der Waals surface area contributed by atoms with Crippen LogP contribution in [0, 0.1) is 18.3 Å². The van der Waals surface area contributed by atoms with E-state index in [1.54, 1.807) is 11.3 Å². The van der Waals surface area contributed by atoms with E-state index in [-0.39, 0.29) is 5.41 Å². The molecule has 2 nitrogen and oxygen atoms in total. The first-order valence-corrected chi connectivity index (χ1v) is 6.51. The van der Waals surface area contributed by atoms with Crippen LogP contribution in [0.1, 0.15) is 22.7 Å². The molecular formula is C14H12N2S. The van der Waals surface area contributed by atoms with Gasteiger partial charge in [-0.3, -0.25) is 0 Å². The molecule has 3 heteroatoms. The first kappa shape index (κ1) is 10.5. The number of rotatable bonds is 2. The van der Waals surface area contributed by atoms with E-state index >= 15 is 0 Å². The van der Waals surface area contributed by atoms with Crippen LogP contribution in [0.25, 0.3) is 11.3 Å². The predicted molar refractivity (Wildman–Crippen MR) is 68.8 cm³/mol. The Hall–Kier alpha value is -1.66. The molecule has 0 N–H and O–H groups in total. The van der Waals surface area contributed by atoms with Gasteiger partial charge in [0.1, 0.15) is 10.4 Å². The highest BCUT2D eigenvalue weighted by Gasteiger charge is 2.48. The van der Waals surface area contributed by atoms with Crippen LogP contribution in [-0.2, 0) is 5.41 Å². The van der Waals surface area contributed by atoms with E-state index < -0.39 is 0 Å². The van der Waals surface area contributed by atoms with Crippen LogP contribution in [0.5, 0.6) is 0 Å². The number of hydrogen-bond acceptors (Lipinski definition) is 3. The van der Waals surface area contributed by atoms with Crippen molar-refractivity contribution in [3.8, 4) is 17.3 Å². The molecule has 0 aliphatic heterocycles. The first-order valence-electron chi connectivity index (χ1n) is 5.70. The fourth-order valence-corrected chi connectivity index (χ4v) is 3.10. The van der Waals surface area contributed by atoms with Gasteiger partial charge in [0.05, 0.1) is 11.8 Å². The minimum Gasteiger partial charge on any atom is -0.239 e. The van der Waals surface area contributed by atoms with Crippen molar-refractivity contribution in [3.63, 3.8) is 0 Å². The molecule has 1 aliphatic rings. The lowest BCUT2D eigenvalue weighted by Gasteiger charge is -1.98. The average Bonchev–Trinajstić information content (AvgIpc) is 3.08. The molecular weight excluding hydrogens is 228 g/mol. The van der Waals surface area contributed by atoms with Gasteiger partial charge in [0, 0.05) is 10.4 Å². The maximum absolute atomic E-state index is 9.20. The Balaban J connectivity index is 2.06. The fourth-order valence-electron chi connectivity index (χ4n) is 1.96. The van der Waals surface area contributed by atoms with Crippen LogP contribution in [0.3, 0.4) is 0 Å². The topological polar surface area (TPSA) is 36.7 Å². The zero-order valence-electron chi connectivity index (χ0n) is 9.60. The van der Waals surface area contributed by atoms with Crippen molar-refractivity contribution in [2.24, 2.45) is 0 Å². The molecule has 2 aromatic rings. The van der Waals surface area contributed by atoms with Gasteiger partial charge in [-0.05, 0) is 19.8 Å². The Labute approximate surface area is 105 Å². The lowest BCUT2D eigenvalue weighted by molar-refractivity contribution is 0.891. The molecule has 1 aliphatic carbocycles. The Kier molecular flexibility index (Phi) is 2.27. The molecule has 1 saturated carbocycles. The molecule has 0 spiro atoms. The summed E-state index contributed by atoms with van der Waals surface area (Å²) in [6.07, 6.45) is 1.93. The predicted octanol–water partition coefficient (Wildman–Crippen LogP) is 3.67. The highest BCUT2D eigenvalue weighted by atomic mass is 32.1. The zero-order valence-corrected chi connectivity index (χ0v) is 10.4. The van der Waals surface area contributed by atoms with Crippen LogP contribution in [-0.4, -0.2) is 4.98 Å². The van der Waals surface area contributed by atoms with Gasteiger partial charge in [-0.2, -0.15) is 5.26 Å². The van der Waals surface area contributed by atoms with Crippen LogP contribution in [0.2, 0.25) is 0 Å². The summed E-state index contributed by atoms with van der Waals surface area (Å²) in [5.41, 5.74) is 1.91. The van der Waals surface area contributed by atoms with Crippen LogP contribution < -0.4 is 0 Å². The van der Waals surface area contributed by atoms with E-state index in [1.807, 2.05) is 18.2 Å². The summed E-state index contributed by atoms with van der Waals surface area (Å²) in [6.45, 7) is 2.08. The second-order valence-corrected chi connectivity index (χ2v) is 5.69. The van der Waals surface area contributed by atoms with Gasteiger partial charge < -0.3 is 0 Å². The van der Waals surface area contributed by atoms with Gasteiger partial charge in [0.2, 0.25) is 0 Å². The van der Waals surface area contributed by atoms with E-state index in [0.29, 0.717) is 0 Å². The Morgan fingerprint density at radius 2 is 2.00 bits per heavy atom. The van der Waals surface area contributed by atoms with Gasteiger partial charge in [0.25, 0.3) is 0 Å². The molecule has 84 valence electrons. The summed E-state index contributed by atoms with van der Waals surface area (Å²) in [5, 5.41) is 10.2. The Bertz CT molecular complexity index is 588. The van der Waals surface area contributed by atoms with Crippen molar-refractivity contribution in [1.82, 2.24) is 4.98 Å². The summed E-state index contributed by atoms with van der Waals surface area (Å²) >= 11 is 1.67. The third-order valence-electron chi connectivity index (χ3n) is 3.22. The number of hydrogen-bond donors (Lipinski definition) is 0. The molecule has 1 aromatic carbocycles. The van der Waals surface area contributed by atoms with Crippen LogP contribution in [0.4, 0.5) is 0 Å². The lowest BCUT2D eigenvalue weighted by atomic mass is 10.1. The molecule has 1 aromatic heterocycles. The van der Waals surface area contributed by atoms with Gasteiger partial charge >= 0.3 is 0 Å². The monoisotopic (exact) mass is 240 g/mol. The molecule has 17 heavy (non-hydrogen) atoms. The van der Waals surface area contributed by atoms with Crippen molar-refractivity contribution >= 4 is 11.3 Å². The third kappa shape index (κ3) is 1.65. The normalized spacial score (nSPS) is 16.5. The molecule has 1 fully saturated rings. The van der Waals surface area contributed by atoms with E-state index in [2.05, 4.69) is 30.1 Å². The highest BCUT2D eigenvalue weighted by Crippen LogP contribution is 2.50. The van der Waals surface area contributed by atoms with Crippen LogP contribution >= 0.6 is 11.3 Å². The highest BCUT2D eigenvalue weighted by molar-refractivity contribution is 7.12. The molecule has 0 amide bonds. The maximum Gasteiger partial charge on any atom is 0.114 e. The minimum atomic E-state index is -0.261. The fraction of sp³-hybridized carbons (Fsp3) is 0.286. The molecule has 0 saturated heterocycles. The maximum atomic E-state index is 9.20. The second-order valence-electron chi connectivity index (χ2n) is 4.48. The average molecular weight is 240 g/mol. The Morgan fingerprint density at radius 1 is 1.29 bits per heavy atom. The first-order chi connectivity index (χ1) is 8.25. The van der Waals surface area contributed by atoms with Gasteiger partial charge in [-0.15, -0.1) is 11.3 Å². The summed E-state index contributed by atoms with van der Waals surface area (Å²) in [6, 6.07) is 12.6. The number of aryl methyl sites for hydroxylation is 1. The molecule has 0 radical (unpaired) electrons. The second kappa shape index (κ2) is 3.68. The van der Waals surface area contributed by atoms with Crippen LogP contribution in [0.15, 0.2) is 30.3 Å². The van der Waals surface area contributed by atoms with Crippen molar-refractivity contribution in [3.05, 3.63) is 40.2 Å². The molecule has 0 bridgehead atoms. The number of nitriles is 1. The Morgan fingerprint density at radius 3 is 2.59 bits per heavy atom. The molecule has 0 unspecified atom stereocenters. The van der Waals surface area contributed by atoms with E-state index in [9.17, 15) is 5.26 Å². The van der Waals surface area contributed by atoms with Gasteiger partial charge in [-0.25, -0.2) is 4.98 Å². The summed E-state index contributed by atoms with van der Waals surface area (Å²) in [5.74, 6) is 0. The number of thiazole rings is 1. The largest absolute Gasteiger partial charge is 0.239 e. The van der Waals surface area contributed by atoms with Crippen molar-refractivity contribution in [1.29, 1.82) is 5.26 Å². The smallest absolute Gasteiger partial charge is 0.114 e. The lowest BCUT2D eigenvalue weighted by Crippen LogP contribution is -2.01. The molecule has 0 atom stereocenters. The van der Waals surface area contributed by atoms with E-state index in [1.165, 1.54) is 4.88 Å². The number of aromatic nitrogens is 1. The number of benzene rings is 1. The van der Waals surface area contributed by atoms with Crippen molar-refractivity contribution in [2.45, 2.75) is 25.2 Å². The van der Waals surface area contributed by atoms with E-state index in [4.69, 9.17) is 0 Å². The SMILES string of the molecule is Cc1sc(C2(C#N)CC2)nc1-c1ccccc1. The summed E-state index contributed by atoms with van der Waals surface area (Å²) in [4.78, 5) is 5.88. The van der Waals surface area contributed by atoms with Crippen molar-refractivity contribution in [2.75, 3.05) is 0 Å². The van der Waals surface area contributed by atoms with E-state index in [0.717, 1.165) is 29.1 Å². The third-order valence-corrected chi connectivity index (χ3v) is 4.39. The summed E-state index contributed by atoms with van der Waals surface area (Å²) < 4.78 is 0. The quantitative estimate of drug-likeness (QED) is 0.803. The van der Waals surface area contributed by atoms with Crippen molar-refractivity contribution < 1.29 is 0 Å². The zero-order chi connectivity index (χ0) is 11.9. The number of nitrogens with zero attached hydrogens (tertiary/aromatic N) is 2.